The van der Waals surface area contributed by atoms with E-state index in [2.05, 4.69) is 41.8 Å². The normalized spacial score (nSPS) is 11.7. The lowest BCUT2D eigenvalue weighted by molar-refractivity contribution is -0.120. The highest BCUT2D eigenvalue weighted by molar-refractivity contribution is 5.86. The number of benzene rings is 3. The first kappa shape index (κ1) is 21.5. The number of hydrogen-bond acceptors (Lipinski definition) is 5. The number of ether oxygens (including phenoxy) is 3. The summed E-state index contributed by atoms with van der Waals surface area (Å²) in [6, 6.07) is 18.2. The molecule has 3 aromatic rings. The second-order valence-corrected chi connectivity index (χ2v) is 6.98. The fraction of sp³-hybridized carbons (Fsp3) is 0.292. The first-order valence-electron chi connectivity index (χ1n) is 9.84. The topological polar surface area (TPSA) is 68.8 Å². The smallest absolute Gasteiger partial charge is 0.234 e. The summed E-state index contributed by atoms with van der Waals surface area (Å²) in [5.74, 6) is 1.56. The molecule has 0 saturated heterocycles. The van der Waals surface area contributed by atoms with E-state index in [-0.39, 0.29) is 18.5 Å². The quantitative estimate of drug-likeness (QED) is 0.563. The molecule has 3 rings (SSSR count). The Morgan fingerprint density at radius 2 is 1.60 bits per heavy atom. The average molecular weight is 408 g/mol. The molecule has 0 aliphatic carbocycles. The number of carbonyl (C=O) groups is 1. The van der Waals surface area contributed by atoms with E-state index in [0.717, 1.165) is 5.56 Å². The van der Waals surface area contributed by atoms with E-state index in [9.17, 15) is 4.79 Å². The standard InChI is InChI=1S/C24H28N2O4/c1-16(19-11-7-9-18-8-5-6-10-20(18)19)25-15-23(27)26-14-17-12-21(28-2)24(30-4)22(13-17)29-3/h5-13,16,25H,14-15H2,1-4H3,(H,26,27)/t16-/m1/s1. The van der Waals surface area contributed by atoms with Crippen molar-refractivity contribution < 1.29 is 19.0 Å². The van der Waals surface area contributed by atoms with Crippen LogP contribution in [0.4, 0.5) is 0 Å². The minimum Gasteiger partial charge on any atom is -0.493 e. The molecule has 0 radical (unpaired) electrons. The lowest BCUT2D eigenvalue weighted by Gasteiger charge is -2.17. The predicted octanol–water partition coefficient (Wildman–Crippen LogP) is 3.83. The third-order valence-corrected chi connectivity index (χ3v) is 5.07. The summed E-state index contributed by atoms with van der Waals surface area (Å²) in [6.07, 6.45) is 0. The van der Waals surface area contributed by atoms with E-state index < -0.39 is 0 Å². The summed E-state index contributed by atoms with van der Waals surface area (Å²) in [6.45, 7) is 2.64. The highest BCUT2D eigenvalue weighted by atomic mass is 16.5. The lowest BCUT2D eigenvalue weighted by Crippen LogP contribution is -2.34. The lowest BCUT2D eigenvalue weighted by atomic mass is 10.00. The Labute approximate surface area is 177 Å². The van der Waals surface area contributed by atoms with Gasteiger partial charge in [0.25, 0.3) is 0 Å². The van der Waals surface area contributed by atoms with Crippen LogP contribution in [0.1, 0.15) is 24.1 Å². The fourth-order valence-corrected chi connectivity index (χ4v) is 3.48. The maximum atomic E-state index is 12.4. The summed E-state index contributed by atoms with van der Waals surface area (Å²) in [5, 5.41) is 8.62. The van der Waals surface area contributed by atoms with Crippen LogP contribution in [0.5, 0.6) is 17.2 Å². The van der Waals surface area contributed by atoms with E-state index in [0.29, 0.717) is 23.8 Å². The Kier molecular flexibility index (Phi) is 7.14. The molecule has 0 aliphatic rings. The largest absolute Gasteiger partial charge is 0.493 e. The Morgan fingerprint density at radius 3 is 2.27 bits per heavy atom. The molecule has 0 heterocycles. The minimum atomic E-state index is -0.0872. The Bertz CT molecular complexity index is 989. The van der Waals surface area contributed by atoms with Gasteiger partial charge < -0.3 is 24.8 Å². The Hall–Kier alpha value is -3.25. The van der Waals surface area contributed by atoms with Gasteiger partial charge in [0.15, 0.2) is 11.5 Å². The van der Waals surface area contributed by atoms with Crippen molar-refractivity contribution in [1.29, 1.82) is 0 Å². The van der Waals surface area contributed by atoms with Gasteiger partial charge in [-0.25, -0.2) is 0 Å². The number of nitrogens with one attached hydrogen (secondary N) is 2. The van der Waals surface area contributed by atoms with Gasteiger partial charge in [-0.1, -0.05) is 42.5 Å². The molecule has 0 fully saturated rings. The van der Waals surface area contributed by atoms with E-state index in [1.54, 1.807) is 21.3 Å². The van der Waals surface area contributed by atoms with Crippen molar-refractivity contribution in [2.45, 2.75) is 19.5 Å². The molecule has 1 atom stereocenters. The summed E-state index contributed by atoms with van der Waals surface area (Å²) in [7, 11) is 4.70. The number of hydrogen-bond donors (Lipinski definition) is 2. The number of carbonyl (C=O) groups excluding carboxylic acids is 1. The van der Waals surface area contributed by atoms with Crippen molar-refractivity contribution >= 4 is 16.7 Å². The van der Waals surface area contributed by atoms with Crippen LogP contribution in [0, 0.1) is 0 Å². The van der Waals surface area contributed by atoms with Gasteiger partial charge in [-0.3, -0.25) is 4.79 Å². The molecule has 6 nitrogen and oxygen atoms in total. The third kappa shape index (κ3) is 4.83. The molecule has 1 amide bonds. The van der Waals surface area contributed by atoms with Gasteiger partial charge in [-0.15, -0.1) is 0 Å². The molecule has 0 spiro atoms. The second-order valence-electron chi connectivity index (χ2n) is 6.98. The van der Waals surface area contributed by atoms with Crippen molar-refractivity contribution in [3.63, 3.8) is 0 Å². The number of methoxy groups -OCH3 is 3. The molecule has 0 aliphatic heterocycles. The van der Waals surface area contributed by atoms with Crippen LogP contribution in [0.25, 0.3) is 10.8 Å². The van der Waals surface area contributed by atoms with Gasteiger partial charge in [0, 0.05) is 12.6 Å². The van der Waals surface area contributed by atoms with E-state index >= 15 is 0 Å². The van der Waals surface area contributed by atoms with Crippen molar-refractivity contribution in [3.8, 4) is 17.2 Å². The maximum Gasteiger partial charge on any atom is 0.234 e. The molecule has 6 heteroatoms. The van der Waals surface area contributed by atoms with Crippen molar-refractivity contribution in [3.05, 3.63) is 65.7 Å². The predicted molar refractivity (Wildman–Crippen MR) is 118 cm³/mol. The van der Waals surface area contributed by atoms with Crippen molar-refractivity contribution in [2.24, 2.45) is 0 Å². The minimum absolute atomic E-state index is 0.0445. The van der Waals surface area contributed by atoms with Crippen LogP contribution >= 0.6 is 0 Å². The average Bonchev–Trinajstić information content (AvgIpc) is 2.79. The van der Waals surface area contributed by atoms with Gasteiger partial charge in [0.1, 0.15) is 0 Å². The van der Waals surface area contributed by atoms with E-state index in [1.165, 1.54) is 16.3 Å². The van der Waals surface area contributed by atoms with Crippen LogP contribution in [-0.2, 0) is 11.3 Å². The van der Waals surface area contributed by atoms with Gasteiger partial charge in [-0.2, -0.15) is 0 Å². The monoisotopic (exact) mass is 408 g/mol. The number of fused-ring (bicyclic) bond motifs is 1. The summed E-state index contributed by atoms with van der Waals surface area (Å²) >= 11 is 0. The summed E-state index contributed by atoms with van der Waals surface area (Å²) in [4.78, 5) is 12.4. The van der Waals surface area contributed by atoms with Crippen LogP contribution in [-0.4, -0.2) is 33.8 Å². The van der Waals surface area contributed by atoms with Gasteiger partial charge in [0.2, 0.25) is 11.7 Å². The zero-order valence-electron chi connectivity index (χ0n) is 17.8. The van der Waals surface area contributed by atoms with Crippen molar-refractivity contribution in [2.75, 3.05) is 27.9 Å². The van der Waals surface area contributed by atoms with Gasteiger partial charge >= 0.3 is 0 Å². The Balaban J connectivity index is 1.60. The molecule has 0 saturated carbocycles. The SMILES string of the molecule is COc1cc(CNC(=O)CN[C@H](C)c2cccc3ccccc23)cc(OC)c1OC. The van der Waals surface area contributed by atoms with Crippen LogP contribution < -0.4 is 24.8 Å². The first-order chi connectivity index (χ1) is 14.6. The fourth-order valence-electron chi connectivity index (χ4n) is 3.48. The molecular formula is C24H28N2O4. The number of amides is 1. The van der Waals surface area contributed by atoms with E-state index in [4.69, 9.17) is 14.2 Å². The molecular weight excluding hydrogens is 380 g/mol. The van der Waals surface area contributed by atoms with Crippen molar-refractivity contribution in [1.82, 2.24) is 10.6 Å². The second kappa shape index (κ2) is 9.98. The first-order valence-corrected chi connectivity index (χ1v) is 9.84. The molecule has 0 unspecified atom stereocenters. The van der Waals surface area contributed by atoms with Crippen LogP contribution in [0.15, 0.2) is 54.6 Å². The number of rotatable bonds is 9. The highest BCUT2D eigenvalue weighted by Gasteiger charge is 2.14. The highest BCUT2D eigenvalue weighted by Crippen LogP contribution is 2.38. The molecule has 0 aromatic heterocycles. The summed E-state index contributed by atoms with van der Waals surface area (Å²) < 4.78 is 16.0. The summed E-state index contributed by atoms with van der Waals surface area (Å²) in [5.41, 5.74) is 2.03. The molecule has 2 N–H and O–H groups in total. The zero-order chi connectivity index (χ0) is 21.5. The van der Waals surface area contributed by atoms with Gasteiger partial charge in [0.05, 0.1) is 27.9 Å². The molecule has 30 heavy (non-hydrogen) atoms. The van der Waals surface area contributed by atoms with Gasteiger partial charge in [-0.05, 0) is 41.0 Å². The zero-order valence-corrected chi connectivity index (χ0v) is 17.8. The van der Waals surface area contributed by atoms with Crippen LogP contribution in [0.3, 0.4) is 0 Å². The Morgan fingerprint density at radius 1 is 0.933 bits per heavy atom. The molecule has 0 bridgehead atoms. The van der Waals surface area contributed by atoms with Crippen LogP contribution in [0.2, 0.25) is 0 Å². The maximum absolute atomic E-state index is 12.4. The third-order valence-electron chi connectivity index (χ3n) is 5.07. The molecule has 3 aromatic carbocycles. The molecule has 158 valence electrons. The van der Waals surface area contributed by atoms with E-state index in [1.807, 2.05) is 30.3 Å².